The maximum absolute atomic E-state index is 12.3. The topological polar surface area (TPSA) is 66.4 Å². The molecule has 0 bridgehead atoms. The van der Waals surface area contributed by atoms with Crippen molar-refractivity contribution < 1.29 is 14.7 Å². The highest BCUT2D eigenvalue weighted by molar-refractivity contribution is 7.17. The maximum atomic E-state index is 12.3. The van der Waals surface area contributed by atoms with Crippen molar-refractivity contribution in [1.82, 2.24) is 0 Å². The number of hydrogen-bond acceptors (Lipinski definition) is 3. The number of carboxylic acids is 1. The molecule has 1 aromatic carbocycles. The van der Waals surface area contributed by atoms with Crippen molar-refractivity contribution in [3.05, 3.63) is 57.5 Å². The minimum absolute atomic E-state index is 0.271. The van der Waals surface area contributed by atoms with Gasteiger partial charge in [0.25, 0.3) is 0 Å². The van der Waals surface area contributed by atoms with Gasteiger partial charge in [0, 0.05) is 11.0 Å². The van der Waals surface area contributed by atoms with E-state index in [1.807, 2.05) is 12.1 Å². The average Bonchev–Trinajstić information content (AvgIpc) is 2.98. The molecule has 0 unspecified atom stereocenters. The second-order valence-electron chi connectivity index (χ2n) is 6.86. The third-order valence-corrected chi connectivity index (χ3v) is 5.86. The standard InChI is InChI=1S/C21H23NO3S/c1-13(2)15-10-7-14(8-11-15)9-12-18(23)22-20-19(21(24)25)16-5-3-4-6-17(16)26-20/h7-13H,3-6H2,1-2H3,(H,22,23)(H,24,25)/b12-9+. The smallest absolute Gasteiger partial charge is 0.339 e. The van der Waals surface area contributed by atoms with Gasteiger partial charge in [-0.05, 0) is 54.4 Å². The van der Waals surface area contributed by atoms with Gasteiger partial charge in [-0.15, -0.1) is 11.3 Å². The summed E-state index contributed by atoms with van der Waals surface area (Å²) in [6.07, 6.45) is 6.95. The summed E-state index contributed by atoms with van der Waals surface area (Å²) >= 11 is 1.40. The number of carbonyl (C=O) groups is 2. The monoisotopic (exact) mass is 369 g/mol. The number of carbonyl (C=O) groups excluding carboxylic acids is 1. The molecule has 1 amide bonds. The molecule has 4 nitrogen and oxygen atoms in total. The van der Waals surface area contributed by atoms with Gasteiger partial charge in [-0.2, -0.15) is 0 Å². The molecular formula is C21H23NO3S. The van der Waals surface area contributed by atoms with E-state index in [4.69, 9.17) is 0 Å². The maximum Gasteiger partial charge on any atom is 0.339 e. The highest BCUT2D eigenvalue weighted by atomic mass is 32.1. The molecule has 0 atom stereocenters. The number of anilines is 1. The zero-order chi connectivity index (χ0) is 18.7. The Labute approximate surface area is 157 Å². The van der Waals surface area contributed by atoms with Crippen LogP contribution in [0, 0.1) is 0 Å². The van der Waals surface area contributed by atoms with Gasteiger partial charge in [-0.25, -0.2) is 4.79 Å². The molecule has 1 heterocycles. The van der Waals surface area contributed by atoms with E-state index in [1.54, 1.807) is 6.08 Å². The van der Waals surface area contributed by atoms with Gasteiger partial charge in [0.1, 0.15) is 5.00 Å². The molecule has 136 valence electrons. The van der Waals surface area contributed by atoms with Crippen molar-refractivity contribution in [2.75, 3.05) is 5.32 Å². The zero-order valence-corrected chi connectivity index (χ0v) is 15.9. The van der Waals surface area contributed by atoms with E-state index >= 15 is 0 Å². The van der Waals surface area contributed by atoms with Crippen LogP contribution in [0.4, 0.5) is 5.00 Å². The van der Waals surface area contributed by atoms with Crippen molar-refractivity contribution >= 4 is 34.3 Å². The molecule has 5 heteroatoms. The molecule has 1 aromatic heterocycles. The van der Waals surface area contributed by atoms with Crippen LogP contribution < -0.4 is 5.32 Å². The molecule has 26 heavy (non-hydrogen) atoms. The number of amides is 1. The molecule has 2 N–H and O–H groups in total. The van der Waals surface area contributed by atoms with Gasteiger partial charge in [0.15, 0.2) is 0 Å². The van der Waals surface area contributed by atoms with E-state index in [-0.39, 0.29) is 11.5 Å². The Kier molecular flexibility index (Phi) is 5.57. The molecule has 0 spiro atoms. The van der Waals surface area contributed by atoms with Crippen molar-refractivity contribution in [1.29, 1.82) is 0 Å². The summed E-state index contributed by atoms with van der Waals surface area (Å²) in [5.74, 6) is -0.803. The van der Waals surface area contributed by atoms with Crippen LogP contribution in [0.3, 0.4) is 0 Å². The minimum Gasteiger partial charge on any atom is -0.478 e. The van der Waals surface area contributed by atoms with Crippen LogP contribution in [0.1, 0.15) is 64.5 Å². The molecule has 0 radical (unpaired) electrons. The van der Waals surface area contributed by atoms with Crippen LogP contribution in [0.5, 0.6) is 0 Å². The fourth-order valence-electron chi connectivity index (χ4n) is 3.20. The fraction of sp³-hybridized carbons (Fsp3) is 0.333. The lowest BCUT2D eigenvalue weighted by atomic mass is 9.95. The number of aryl methyl sites for hydroxylation is 1. The predicted molar refractivity (Wildman–Crippen MR) is 106 cm³/mol. The Bertz CT molecular complexity index is 847. The van der Waals surface area contributed by atoms with Gasteiger partial charge in [-0.3, -0.25) is 4.79 Å². The Morgan fingerprint density at radius 3 is 2.50 bits per heavy atom. The third-order valence-electron chi connectivity index (χ3n) is 4.65. The Morgan fingerprint density at radius 1 is 1.15 bits per heavy atom. The van der Waals surface area contributed by atoms with Crippen LogP contribution in [-0.4, -0.2) is 17.0 Å². The van der Waals surface area contributed by atoms with Crippen LogP contribution in [0.25, 0.3) is 6.08 Å². The van der Waals surface area contributed by atoms with Crippen LogP contribution in [-0.2, 0) is 17.6 Å². The SMILES string of the molecule is CC(C)c1ccc(/C=C/C(=O)Nc2sc3c(c2C(=O)O)CCCC3)cc1. The number of aromatic carboxylic acids is 1. The lowest BCUT2D eigenvalue weighted by Crippen LogP contribution is -2.11. The molecule has 0 fully saturated rings. The number of fused-ring (bicyclic) bond motifs is 1. The van der Waals surface area contributed by atoms with Gasteiger partial charge in [0.05, 0.1) is 5.56 Å². The van der Waals surface area contributed by atoms with E-state index in [2.05, 4.69) is 31.3 Å². The first-order chi connectivity index (χ1) is 12.5. The summed E-state index contributed by atoms with van der Waals surface area (Å²) in [6.45, 7) is 4.28. The van der Waals surface area contributed by atoms with Gasteiger partial charge < -0.3 is 10.4 Å². The summed E-state index contributed by atoms with van der Waals surface area (Å²) in [5.41, 5.74) is 3.36. The van der Waals surface area contributed by atoms with Crippen molar-refractivity contribution in [2.24, 2.45) is 0 Å². The highest BCUT2D eigenvalue weighted by Gasteiger charge is 2.25. The molecular weight excluding hydrogens is 346 g/mol. The molecule has 2 aromatic rings. The highest BCUT2D eigenvalue weighted by Crippen LogP contribution is 2.38. The van der Waals surface area contributed by atoms with Gasteiger partial charge in [-0.1, -0.05) is 38.1 Å². The van der Waals surface area contributed by atoms with E-state index in [9.17, 15) is 14.7 Å². The number of hydrogen-bond donors (Lipinski definition) is 2. The normalized spacial score (nSPS) is 13.8. The largest absolute Gasteiger partial charge is 0.478 e. The number of nitrogens with one attached hydrogen (secondary N) is 1. The number of benzene rings is 1. The Balaban J connectivity index is 1.74. The first-order valence-corrected chi connectivity index (χ1v) is 9.74. The van der Waals surface area contributed by atoms with Crippen LogP contribution in [0.15, 0.2) is 30.3 Å². The first-order valence-electron chi connectivity index (χ1n) is 8.92. The molecule has 0 saturated heterocycles. The van der Waals surface area contributed by atoms with Crippen LogP contribution >= 0.6 is 11.3 Å². The minimum atomic E-state index is -0.965. The predicted octanol–water partition coefficient (Wildman–Crippen LogP) is 5.10. The molecule has 1 aliphatic rings. The van der Waals surface area contributed by atoms with Crippen molar-refractivity contribution in [3.63, 3.8) is 0 Å². The number of rotatable bonds is 5. The molecule has 0 saturated carbocycles. The van der Waals surface area contributed by atoms with Crippen molar-refractivity contribution in [3.8, 4) is 0 Å². The fourth-order valence-corrected chi connectivity index (χ4v) is 4.48. The molecule has 0 aliphatic heterocycles. The summed E-state index contributed by atoms with van der Waals surface area (Å²) in [4.78, 5) is 25.0. The quantitative estimate of drug-likeness (QED) is 0.721. The number of thiophene rings is 1. The van der Waals surface area contributed by atoms with Gasteiger partial charge >= 0.3 is 5.97 Å². The van der Waals surface area contributed by atoms with E-state index in [0.717, 1.165) is 41.7 Å². The summed E-state index contributed by atoms with van der Waals surface area (Å²) in [5, 5.41) is 12.8. The second kappa shape index (κ2) is 7.87. The Morgan fingerprint density at radius 2 is 1.85 bits per heavy atom. The molecule has 3 rings (SSSR count). The average molecular weight is 369 g/mol. The third kappa shape index (κ3) is 4.05. The van der Waals surface area contributed by atoms with E-state index < -0.39 is 5.97 Å². The summed E-state index contributed by atoms with van der Waals surface area (Å²) < 4.78 is 0. The number of carboxylic acid groups (broad SMARTS) is 1. The van der Waals surface area contributed by atoms with Crippen molar-refractivity contribution in [2.45, 2.75) is 45.4 Å². The lowest BCUT2D eigenvalue weighted by Gasteiger charge is -2.10. The lowest BCUT2D eigenvalue weighted by molar-refractivity contribution is -0.111. The molecule has 1 aliphatic carbocycles. The van der Waals surface area contributed by atoms with E-state index in [0.29, 0.717) is 10.9 Å². The second-order valence-corrected chi connectivity index (χ2v) is 7.97. The summed E-state index contributed by atoms with van der Waals surface area (Å²) in [7, 11) is 0. The van der Waals surface area contributed by atoms with Gasteiger partial charge in [0.2, 0.25) is 5.91 Å². The Hall–Kier alpha value is -2.40. The first kappa shape index (κ1) is 18.4. The van der Waals surface area contributed by atoms with Crippen LogP contribution in [0.2, 0.25) is 0 Å². The van der Waals surface area contributed by atoms with E-state index in [1.165, 1.54) is 23.0 Å². The zero-order valence-electron chi connectivity index (χ0n) is 15.0. The summed E-state index contributed by atoms with van der Waals surface area (Å²) in [6, 6.07) is 8.06.